The zero-order chi connectivity index (χ0) is 20.1. The lowest BCUT2D eigenvalue weighted by molar-refractivity contribution is -0.117. The van der Waals surface area contributed by atoms with Crippen LogP contribution in [0.2, 0.25) is 5.02 Å². The number of rotatable bonds is 6. The van der Waals surface area contributed by atoms with Gasteiger partial charge in [0.25, 0.3) is 0 Å². The summed E-state index contributed by atoms with van der Waals surface area (Å²) in [5, 5.41) is 2.52. The van der Waals surface area contributed by atoms with E-state index in [1.807, 2.05) is 0 Å². The fourth-order valence-electron chi connectivity index (χ4n) is 2.56. The summed E-state index contributed by atoms with van der Waals surface area (Å²) in [6.45, 7) is 0. The normalized spacial score (nSPS) is 12.4. The lowest BCUT2D eigenvalue weighted by Crippen LogP contribution is -2.37. The fraction of sp³-hybridized carbons (Fsp3) is 0.0500. The standard InChI is InChI=1S/C20H16ClFN2O3S/c21-17-12-11-15(22)13-18(17)28(26,27)24-19(14-7-3-1-4-8-14)20(25)23-16-9-5-2-6-10-16/h1-13,19,24H,(H,23,25). The van der Waals surface area contributed by atoms with Crippen LogP contribution in [-0.4, -0.2) is 14.3 Å². The van der Waals surface area contributed by atoms with Crippen molar-refractivity contribution < 1.29 is 17.6 Å². The number of carbonyl (C=O) groups excluding carboxylic acids is 1. The maximum atomic E-state index is 13.6. The third-order valence-electron chi connectivity index (χ3n) is 3.89. The summed E-state index contributed by atoms with van der Waals surface area (Å²) in [4.78, 5) is 12.4. The van der Waals surface area contributed by atoms with Gasteiger partial charge in [0.2, 0.25) is 15.9 Å². The summed E-state index contributed by atoms with van der Waals surface area (Å²) in [5.74, 6) is -1.34. The summed E-state index contributed by atoms with van der Waals surface area (Å²) < 4.78 is 41.5. The molecular weight excluding hydrogens is 403 g/mol. The molecule has 0 bridgehead atoms. The van der Waals surface area contributed by atoms with Gasteiger partial charge in [-0.2, -0.15) is 4.72 Å². The topological polar surface area (TPSA) is 75.3 Å². The molecule has 0 fully saturated rings. The molecule has 0 aliphatic heterocycles. The number of sulfonamides is 1. The van der Waals surface area contributed by atoms with Crippen molar-refractivity contribution in [2.24, 2.45) is 0 Å². The number of para-hydroxylation sites is 1. The van der Waals surface area contributed by atoms with Crippen molar-refractivity contribution in [1.82, 2.24) is 4.72 Å². The van der Waals surface area contributed by atoms with Gasteiger partial charge >= 0.3 is 0 Å². The lowest BCUT2D eigenvalue weighted by Gasteiger charge is -2.19. The van der Waals surface area contributed by atoms with Crippen LogP contribution in [0.3, 0.4) is 0 Å². The Bertz CT molecular complexity index is 1080. The molecule has 0 spiro atoms. The number of amides is 1. The molecule has 1 unspecified atom stereocenters. The first-order chi connectivity index (χ1) is 13.4. The van der Waals surface area contributed by atoms with Crippen LogP contribution in [0.4, 0.5) is 10.1 Å². The highest BCUT2D eigenvalue weighted by molar-refractivity contribution is 7.89. The molecule has 1 atom stereocenters. The highest BCUT2D eigenvalue weighted by Gasteiger charge is 2.29. The van der Waals surface area contributed by atoms with E-state index < -0.39 is 32.7 Å². The highest BCUT2D eigenvalue weighted by atomic mass is 35.5. The summed E-state index contributed by atoms with van der Waals surface area (Å²) in [6, 6.07) is 18.7. The molecule has 0 saturated heterocycles. The molecule has 2 N–H and O–H groups in total. The first-order valence-electron chi connectivity index (χ1n) is 8.25. The average molecular weight is 419 g/mol. The molecule has 8 heteroatoms. The van der Waals surface area contributed by atoms with Gasteiger partial charge < -0.3 is 5.32 Å². The summed E-state index contributed by atoms with van der Waals surface area (Å²) >= 11 is 5.93. The van der Waals surface area contributed by atoms with Crippen molar-refractivity contribution in [3.05, 3.63) is 95.3 Å². The van der Waals surface area contributed by atoms with E-state index in [2.05, 4.69) is 10.0 Å². The van der Waals surface area contributed by atoms with Crippen molar-refractivity contribution >= 4 is 33.2 Å². The molecular formula is C20H16ClFN2O3S. The second kappa shape index (κ2) is 8.52. The molecule has 144 valence electrons. The van der Waals surface area contributed by atoms with Crippen LogP contribution >= 0.6 is 11.6 Å². The maximum Gasteiger partial charge on any atom is 0.247 e. The monoisotopic (exact) mass is 418 g/mol. The van der Waals surface area contributed by atoms with Crippen LogP contribution < -0.4 is 10.0 Å². The third kappa shape index (κ3) is 4.75. The predicted molar refractivity (Wildman–Crippen MR) is 106 cm³/mol. The third-order valence-corrected chi connectivity index (χ3v) is 5.80. The molecule has 3 aromatic carbocycles. The van der Waals surface area contributed by atoms with E-state index in [1.54, 1.807) is 60.7 Å². The van der Waals surface area contributed by atoms with Crippen molar-refractivity contribution in [1.29, 1.82) is 0 Å². The summed E-state index contributed by atoms with van der Waals surface area (Å²) in [5.41, 5.74) is 0.934. The van der Waals surface area contributed by atoms with E-state index in [-0.39, 0.29) is 5.02 Å². The van der Waals surface area contributed by atoms with Gasteiger partial charge in [0.1, 0.15) is 16.8 Å². The fourth-order valence-corrected chi connectivity index (χ4v) is 4.25. The second-order valence-electron chi connectivity index (χ2n) is 5.90. The molecule has 0 heterocycles. The minimum atomic E-state index is -4.28. The SMILES string of the molecule is O=C(Nc1ccccc1)C(NS(=O)(=O)c1cc(F)ccc1Cl)c1ccccc1. The average Bonchev–Trinajstić information content (AvgIpc) is 2.69. The first kappa shape index (κ1) is 20.0. The molecule has 5 nitrogen and oxygen atoms in total. The number of benzene rings is 3. The molecule has 28 heavy (non-hydrogen) atoms. The van der Waals surface area contributed by atoms with Gasteiger partial charge in [-0.15, -0.1) is 0 Å². The Morgan fingerprint density at radius 3 is 2.18 bits per heavy atom. The Morgan fingerprint density at radius 2 is 1.54 bits per heavy atom. The van der Waals surface area contributed by atoms with Crippen LogP contribution in [0.15, 0.2) is 83.8 Å². The first-order valence-corrected chi connectivity index (χ1v) is 10.1. The van der Waals surface area contributed by atoms with Gasteiger partial charge in [0.15, 0.2) is 0 Å². The number of halogens is 2. The van der Waals surface area contributed by atoms with Crippen molar-refractivity contribution in [3.63, 3.8) is 0 Å². The largest absolute Gasteiger partial charge is 0.324 e. The van der Waals surface area contributed by atoms with Crippen molar-refractivity contribution in [2.75, 3.05) is 5.32 Å². The van der Waals surface area contributed by atoms with E-state index in [0.29, 0.717) is 11.3 Å². The van der Waals surface area contributed by atoms with Crippen LogP contribution in [0, 0.1) is 5.82 Å². The highest BCUT2D eigenvalue weighted by Crippen LogP contribution is 2.25. The van der Waals surface area contributed by atoms with Crippen molar-refractivity contribution in [2.45, 2.75) is 10.9 Å². The Labute approximate surface area is 167 Å². The zero-order valence-corrected chi connectivity index (χ0v) is 16.0. The summed E-state index contributed by atoms with van der Waals surface area (Å²) in [7, 11) is -4.28. The molecule has 0 saturated carbocycles. The minimum Gasteiger partial charge on any atom is -0.324 e. The number of hydrogen-bond acceptors (Lipinski definition) is 3. The number of nitrogens with one attached hydrogen (secondary N) is 2. The van der Waals surface area contributed by atoms with Gasteiger partial charge in [-0.1, -0.05) is 60.1 Å². The van der Waals surface area contributed by atoms with Gasteiger partial charge in [-0.05, 0) is 35.9 Å². The zero-order valence-electron chi connectivity index (χ0n) is 14.5. The van der Waals surface area contributed by atoms with E-state index in [0.717, 1.165) is 18.2 Å². The molecule has 0 radical (unpaired) electrons. The predicted octanol–water partition coefficient (Wildman–Crippen LogP) is 4.14. The number of hydrogen-bond donors (Lipinski definition) is 2. The van der Waals surface area contributed by atoms with Gasteiger partial charge in [0, 0.05) is 5.69 Å². The molecule has 3 aromatic rings. The van der Waals surface area contributed by atoms with E-state index >= 15 is 0 Å². The van der Waals surface area contributed by atoms with Gasteiger partial charge in [-0.25, -0.2) is 12.8 Å². The van der Waals surface area contributed by atoms with Crippen LogP contribution in [0.5, 0.6) is 0 Å². The molecule has 0 aromatic heterocycles. The quantitative estimate of drug-likeness (QED) is 0.631. The van der Waals surface area contributed by atoms with Gasteiger partial charge in [-0.3, -0.25) is 4.79 Å². The van der Waals surface area contributed by atoms with Crippen LogP contribution in [0.25, 0.3) is 0 Å². The maximum absolute atomic E-state index is 13.6. The van der Waals surface area contributed by atoms with E-state index in [1.165, 1.54) is 0 Å². The molecule has 0 aliphatic carbocycles. The Hall–Kier alpha value is -2.74. The second-order valence-corrected chi connectivity index (χ2v) is 7.98. The smallest absolute Gasteiger partial charge is 0.247 e. The van der Waals surface area contributed by atoms with Crippen LogP contribution in [-0.2, 0) is 14.8 Å². The van der Waals surface area contributed by atoms with E-state index in [4.69, 9.17) is 11.6 Å². The number of anilines is 1. The Morgan fingerprint density at radius 1 is 0.929 bits per heavy atom. The van der Waals surface area contributed by atoms with Gasteiger partial charge in [0.05, 0.1) is 5.02 Å². The molecule has 0 aliphatic rings. The molecule has 1 amide bonds. The van der Waals surface area contributed by atoms with E-state index in [9.17, 15) is 17.6 Å². The van der Waals surface area contributed by atoms with Crippen LogP contribution in [0.1, 0.15) is 11.6 Å². The Balaban J connectivity index is 1.95. The number of carbonyl (C=O) groups is 1. The Kier molecular flexibility index (Phi) is 6.08. The van der Waals surface area contributed by atoms with Crippen molar-refractivity contribution in [3.8, 4) is 0 Å². The minimum absolute atomic E-state index is 0.149. The molecule has 3 rings (SSSR count). The summed E-state index contributed by atoms with van der Waals surface area (Å²) in [6.07, 6.45) is 0. The lowest BCUT2D eigenvalue weighted by atomic mass is 10.1.